The van der Waals surface area contributed by atoms with Crippen LogP contribution in [0.2, 0.25) is 0 Å². The van der Waals surface area contributed by atoms with Gasteiger partial charge in [0.15, 0.2) is 5.13 Å². The number of benzene rings is 3. The molecular formula is C28H29N3O3S2. The van der Waals surface area contributed by atoms with Gasteiger partial charge in [-0.15, -0.1) is 0 Å². The standard InChI is InChI=1S/C28H29N3O3S2/c1-20-17-25-26(18-21(20)2)35-28(29-25)31(19-22-9-5-3-6-10-22)27(32)23-11-13-24(14-12-23)36(33,34)30-15-7-4-8-16-30/h3,5-6,9-14,17-18H,4,7-8,15-16,19H2,1-2H3. The van der Waals surface area contributed by atoms with Gasteiger partial charge in [0.1, 0.15) is 0 Å². The van der Waals surface area contributed by atoms with Crippen LogP contribution in [-0.2, 0) is 16.6 Å². The van der Waals surface area contributed by atoms with E-state index in [1.54, 1.807) is 33.5 Å². The molecule has 1 saturated heterocycles. The van der Waals surface area contributed by atoms with Crippen molar-refractivity contribution in [3.05, 3.63) is 89.0 Å². The van der Waals surface area contributed by atoms with Crippen LogP contribution < -0.4 is 4.90 Å². The number of amides is 1. The first-order valence-electron chi connectivity index (χ1n) is 12.2. The summed E-state index contributed by atoms with van der Waals surface area (Å²) in [7, 11) is -3.55. The Balaban J connectivity index is 1.48. The van der Waals surface area contributed by atoms with Gasteiger partial charge < -0.3 is 0 Å². The van der Waals surface area contributed by atoms with Crippen molar-refractivity contribution in [2.45, 2.75) is 44.6 Å². The number of hydrogen-bond donors (Lipinski definition) is 0. The first-order valence-corrected chi connectivity index (χ1v) is 14.4. The molecule has 0 N–H and O–H groups in total. The van der Waals surface area contributed by atoms with E-state index in [2.05, 4.69) is 26.0 Å². The molecule has 1 aliphatic rings. The molecule has 0 spiro atoms. The lowest BCUT2D eigenvalue weighted by Gasteiger charge is -2.26. The molecule has 6 nitrogen and oxygen atoms in total. The van der Waals surface area contributed by atoms with Crippen LogP contribution >= 0.6 is 11.3 Å². The Labute approximate surface area is 216 Å². The molecule has 0 aliphatic carbocycles. The summed E-state index contributed by atoms with van der Waals surface area (Å²) in [5.41, 5.74) is 4.62. The minimum absolute atomic E-state index is 0.215. The van der Waals surface area contributed by atoms with Crippen LogP contribution in [-0.4, -0.2) is 36.7 Å². The van der Waals surface area contributed by atoms with Crippen molar-refractivity contribution >= 4 is 42.6 Å². The highest BCUT2D eigenvalue weighted by Gasteiger charge is 2.27. The number of aromatic nitrogens is 1. The van der Waals surface area contributed by atoms with E-state index < -0.39 is 10.0 Å². The minimum atomic E-state index is -3.55. The lowest BCUT2D eigenvalue weighted by atomic mass is 10.1. The Kier molecular flexibility index (Phi) is 6.92. The number of carbonyl (C=O) groups excluding carboxylic acids is 1. The van der Waals surface area contributed by atoms with E-state index in [0.29, 0.717) is 30.3 Å². The van der Waals surface area contributed by atoms with Gasteiger partial charge in [0, 0.05) is 18.7 Å². The molecule has 2 heterocycles. The van der Waals surface area contributed by atoms with E-state index >= 15 is 0 Å². The average Bonchev–Trinajstić information content (AvgIpc) is 3.30. The molecule has 186 valence electrons. The number of nitrogens with zero attached hydrogens (tertiary/aromatic N) is 3. The summed E-state index contributed by atoms with van der Waals surface area (Å²) in [4.78, 5) is 20.5. The van der Waals surface area contributed by atoms with Crippen molar-refractivity contribution in [1.82, 2.24) is 9.29 Å². The van der Waals surface area contributed by atoms with Gasteiger partial charge in [-0.1, -0.05) is 48.1 Å². The third kappa shape index (κ3) is 4.93. The highest BCUT2D eigenvalue weighted by atomic mass is 32.2. The fourth-order valence-corrected chi connectivity index (χ4v) is 7.02. The normalized spacial score (nSPS) is 14.7. The fourth-order valence-electron chi connectivity index (χ4n) is 4.46. The monoisotopic (exact) mass is 519 g/mol. The van der Waals surface area contributed by atoms with Gasteiger partial charge >= 0.3 is 0 Å². The molecule has 4 aromatic rings. The number of rotatable bonds is 6. The van der Waals surface area contributed by atoms with E-state index in [0.717, 1.165) is 40.6 Å². The second-order valence-electron chi connectivity index (χ2n) is 9.27. The molecule has 0 radical (unpaired) electrons. The minimum Gasteiger partial charge on any atom is -0.279 e. The van der Waals surface area contributed by atoms with Crippen LogP contribution in [0, 0.1) is 13.8 Å². The van der Waals surface area contributed by atoms with E-state index in [9.17, 15) is 13.2 Å². The van der Waals surface area contributed by atoms with E-state index in [4.69, 9.17) is 4.98 Å². The number of aryl methyl sites for hydroxylation is 2. The summed E-state index contributed by atoms with van der Waals surface area (Å²) in [5, 5.41) is 0.619. The molecule has 0 atom stereocenters. The van der Waals surface area contributed by atoms with Gasteiger partial charge in [-0.2, -0.15) is 4.31 Å². The van der Waals surface area contributed by atoms with Gasteiger partial charge in [0.25, 0.3) is 5.91 Å². The Morgan fingerprint density at radius 1 is 0.944 bits per heavy atom. The van der Waals surface area contributed by atoms with Crippen LogP contribution in [0.4, 0.5) is 5.13 Å². The Bertz CT molecular complexity index is 1450. The van der Waals surface area contributed by atoms with Gasteiger partial charge in [0.2, 0.25) is 10.0 Å². The van der Waals surface area contributed by atoms with Gasteiger partial charge in [-0.3, -0.25) is 9.69 Å². The molecule has 36 heavy (non-hydrogen) atoms. The highest BCUT2D eigenvalue weighted by molar-refractivity contribution is 7.89. The van der Waals surface area contributed by atoms with Crippen molar-refractivity contribution in [1.29, 1.82) is 0 Å². The number of carbonyl (C=O) groups is 1. The zero-order valence-corrected chi connectivity index (χ0v) is 22.1. The van der Waals surface area contributed by atoms with E-state index in [1.807, 2.05) is 30.3 Å². The van der Waals surface area contributed by atoms with Crippen LogP contribution in [0.15, 0.2) is 71.6 Å². The topological polar surface area (TPSA) is 70.6 Å². The molecule has 0 saturated carbocycles. The number of thiazole rings is 1. The first-order chi connectivity index (χ1) is 17.3. The molecule has 1 fully saturated rings. The quantitative estimate of drug-likeness (QED) is 0.316. The lowest BCUT2D eigenvalue weighted by Crippen LogP contribution is -2.35. The Morgan fingerprint density at radius 2 is 1.61 bits per heavy atom. The molecule has 8 heteroatoms. The Hall–Kier alpha value is -3.07. The van der Waals surface area contributed by atoms with Crippen molar-refractivity contribution in [3.8, 4) is 0 Å². The van der Waals surface area contributed by atoms with E-state index in [-0.39, 0.29) is 10.8 Å². The van der Waals surface area contributed by atoms with Crippen molar-refractivity contribution < 1.29 is 13.2 Å². The maximum atomic E-state index is 13.8. The number of anilines is 1. The van der Waals surface area contributed by atoms with Crippen molar-refractivity contribution in [3.63, 3.8) is 0 Å². The number of hydrogen-bond acceptors (Lipinski definition) is 5. The smallest absolute Gasteiger partial charge is 0.260 e. The number of sulfonamides is 1. The maximum absolute atomic E-state index is 13.8. The third-order valence-corrected chi connectivity index (χ3v) is 9.66. The van der Waals surface area contributed by atoms with Crippen molar-refractivity contribution in [2.24, 2.45) is 0 Å². The molecular weight excluding hydrogens is 490 g/mol. The average molecular weight is 520 g/mol. The molecule has 1 aromatic heterocycles. The summed E-state index contributed by atoms with van der Waals surface area (Å²) in [6, 6.07) is 20.3. The Morgan fingerprint density at radius 3 is 2.31 bits per heavy atom. The van der Waals surface area contributed by atoms with Crippen LogP contribution in [0.25, 0.3) is 10.2 Å². The molecule has 5 rings (SSSR count). The molecule has 1 aliphatic heterocycles. The lowest BCUT2D eigenvalue weighted by molar-refractivity contribution is 0.0985. The summed E-state index contributed by atoms with van der Waals surface area (Å²) in [6.45, 7) is 5.58. The van der Waals surface area contributed by atoms with Crippen molar-refractivity contribution in [2.75, 3.05) is 18.0 Å². The predicted molar refractivity (Wildman–Crippen MR) is 145 cm³/mol. The van der Waals surface area contributed by atoms with Crippen LogP contribution in [0.1, 0.15) is 46.3 Å². The molecule has 0 bridgehead atoms. The molecule has 0 unspecified atom stereocenters. The fraction of sp³-hybridized carbons (Fsp3) is 0.286. The summed E-state index contributed by atoms with van der Waals surface area (Å²) in [6.07, 6.45) is 2.82. The summed E-state index contributed by atoms with van der Waals surface area (Å²) in [5.74, 6) is -0.215. The third-order valence-electron chi connectivity index (χ3n) is 6.71. The first kappa shape index (κ1) is 24.6. The maximum Gasteiger partial charge on any atom is 0.260 e. The highest BCUT2D eigenvalue weighted by Crippen LogP contribution is 2.33. The summed E-state index contributed by atoms with van der Waals surface area (Å²) >= 11 is 1.49. The van der Waals surface area contributed by atoms with E-state index in [1.165, 1.54) is 16.9 Å². The second-order valence-corrected chi connectivity index (χ2v) is 12.2. The summed E-state index contributed by atoms with van der Waals surface area (Å²) < 4.78 is 28.7. The number of piperidine rings is 1. The second kappa shape index (κ2) is 10.1. The molecule has 3 aromatic carbocycles. The SMILES string of the molecule is Cc1cc2nc(N(Cc3ccccc3)C(=O)c3ccc(S(=O)(=O)N4CCCCC4)cc3)sc2cc1C. The van der Waals surface area contributed by atoms with Gasteiger partial charge in [-0.25, -0.2) is 13.4 Å². The van der Waals surface area contributed by atoms with Gasteiger partial charge in [-0.05, 0) is 79.8 Å². The largest absolute Gasteiger partial charge is 0.279 e. The van der Waals surface area contributed by atoms with Crippen LogP contribution in [0.5, 0.6) is 0 Å². The van der Waals surface area contributed by atoms with Gasteiger partial charge in [0.05, 0.1) is 21.7 Å². The zero-order chi connectivity index (χ0) is 25.3. The van der Waals surface area contributed by atoms with Crippen LogP contribution in [0.3, 0.4) is 0 Å². The zero-order valence-electron chi connectivity index (χ0n) is 20.5. The predicted octanol–water partition coefficient (Wildman–Crippen LogP) is 5.93. The number of fused-ring (bicyclic) bond motifs is 1. The molecule has 1 amide bonds.